The third kappa shape index (κ3) is 4.66. The van der Waals surface area contributed by atoms with E-state index in [1.165, 1.54) is 28.2 Å². The first-order chi connectivity index (χ1) is 13.0. The molecule has 5 nitrogen and oxygen atoms in total. The highest BCUT2D eigenvalue weighted by molar-refractivity contribution is 5.83. The maximum atomic E-state index is 11.9. The Hall–Kier alpha value is -2.40. The Labute approximate surface area is 160 Å². The molecule has 1 aliphatic rings. The zero-order chi connectivity index (χ0) is 19.4. The molecule has 5 heteroatoms. The zero-order valence-electron chi connectivity index (χ0n) is 16.1. The van der Waals surface area contributed by atoms with E-state index in [0.29, 0.717) is 6.04 Å². The van der Waals surface area contributed by atoms with Crippen molar-refractivity contribution in [2.75, 3.05) is 19.6 Å². The average molecular weight is 368 g/mol. The number of rotatable bonds is 5. The van der Waals surface area contributed by atoms with Gasteiger partial charge in [0.25, 0.3) is 0 Å². The minimum atomic E-state index is -0.948. The van der Waals surface area contributed by atoms with E-state index in [9.17, 15) is 9.59 Å². The normalized spacial score (nSPS) is 19.4. The molecule has 1 saturated heterocycles. The van der Waals surface area contributed by atoms with Gasteiger partial charge in [-0.1, -0.05) is 36.4 Å². The molecular weight excluding hydrogens is 340 g/mol. The lowest BCUT2D eigenvalue weighted by molar-refractivity contribution is -0.145. The van der Waals surface area contributed by atoms with E-state index in [1.54, 1.807) is 0 Å². The van der Waals surface area contributed by atoms with Gasteiger partial charge in [-0.25, -0.2) is 0 Å². The van der Waals surface area contributed by atoms with Gasteiger partial charge >= 0.3 is 5.97 Å². The fourth-order valence-electron chi connectivity index (χ4n) is 4.12. The quantitative estimate of drug-likeness (QED) is 0.874. The van der Waals surface area contributed by atoms with Crippen molar-refractivity contribution in [1.29, 1.82) is 0 Å². The van der Waals surface area contributed by atoms with Crippen LogP contribution in [0.3, 0.4) is 0 Å². The van der Waals surface area contributed by atoms with Gasteiger partial charge in [0, 0.05) is 25.6 Å². The Kier molecular flexibility index (Phi) is 6.11. The molecule has 0 aromatic heterocycles. The Morgan fingerprint density at radius 3 is 2.59 bits per heavy atom. The molecule has 0 radical (unpaired) electrons. The number of aliphatic carboxylic acids is 1. The van der Waals surface area contributed by atoms with Crippen molar-refractivity contribution >= 4 is 22.6 Å². The molecule has 2 atom stereocenters. The molecule has 1 amide bonds. The molecular formula is C22H28N2O3. The van der Waals surface area contributed by atoms with Crippen LogP contribution in [0.25, 0.3) is 10.8 Å². The number of carboxylic acid groups (broad SMARTS) is 1. The summed E-state index contributed by atoms with van der Waals surface area (Å²) < 4.78 is 0. The topological polar surface area (TPSA) is 60.9 Å². The summed E-state index contributed by atoms with van der Waals surface area (Å²) in [5, 5.41) is 11.6. The van der Waals surface area contributed by atoms with Crippen LogP contribution < -0.4 is 0 Å². The molecule has 0 saturated carbocycles. The van der Waals surface area contributed by atoms with Crippen molar-refractivity contribution in [3.8, 4) is 0 Å². The minimum Gasteiger partial charge on any atom is -0.480 e. The van der Waals surface area contributed by atoms with Crippen molar-refractivity contribution in [2.24, 2.45) is 0 Å². The molecule has 1 N–H and O–H groups in total. The minimum absolute atomic E-state index is 0.00686. The number of fused-ring (bicyclic) bond motifs is 1. The van der Waals surface area contributed by atoms with Crippen LogP contribution in [0.1, 0.15) is 44.7 Å². The molecule has 3 rings (SSSR count). The van der Waals surface area contributed by atoms with Crippen LogP contribution in [0.15, 0.2) is 42.5 Å². The van der Waals surface area contributed by atoms with E-state index >= 15 is 0 Å². The number of carboxylic acids is 1. The van der Waals surface area contributed by atoms with E-state index in [1.807, 2.05) is 0 Å². The summed E-state index contributed by atoms with van der Waals surface area (Å²) in [6, 6.07) is 15.3. The first kappa shape index (κ1) is 19.4. The number of benzene rings is 2. The number of amides is 1. The highest BCUT2D eigenvalue weighted by atomic mass is 16.4. The molecule has 2 aromatic carbocycles. The second-order valence-electron chi connectivity index (χ2n) is 7.44. The molecule has 1 aliphatic heterocycles. The molecule has 1 fully saturated rings. The molecule has 0 aliphatic carbocycles. The third-order valence-electron chi connectivity index (χ3n) is 5.69. The SMILES string of the molecule is CC(=O)N(CC(=O)O)C1CCCN(C(C)c2ccc3ccccc3c2)CC1. The van der Waals surface area contributed by atoms with E-state index in [2.05, 4.69) is 54.3 Å². The summed E-state index contributed by atoms with van der Waals surface area (Å²) in [5.74, 6) is -1.10. The van der Waals surface area contributed by atoms with Crippen molar-refractivity contribution in [3.05, 3.63) is 48.0 Å². The van der Waals surface area contributed by atoms with Crippen LogP contribution in [-0.4, -0.2) is 52.5 Å². The molecule has 2 aromatic rings. The Morgan fingerprint density at radius 2 is 1.89 bits per heavy atom. The molecule has 144 valence electrons. The van der Waals surface area contributed by atoms with Crippen molar-refractivity contribution < 1.29 is 14.7 Å². The number of hydrogen-bond acceptors (Lipinski definition) is 3. The van der Waals surface area contributed by atoms with Crippen LogP contribution in [0.2, 0.25) is 0 Å². The Balaban J connectivity index is 1.70. The highest BCUT2D eigenvalue weighted by Crippen LogP contribution is 2.27. The monoisotopic (exact) mass is 368 g/mol. The van der Waals surface area contributed by atoms with E-state index in [4.69, 9.17) is 5.11 Å². The van der Waals surface area contributed by atoms with Crippen molar-refractivity contribution in [1.82, 2.24) is 9.80 Å². The van der Waals surface area contributed by atoms with Gasteiger partial charge in [-0.05, 0) is 55.1 Å². The first-order valence-electron chi connectivity index (χ1n) is 9.67. The molecule has 1 heterocycles. The maximum Gasteiger partial charge on any atom is 0.323 e. The lowest BCUT2D eigenvalue weighted by Crippen LogP contribution is -2.42. The first-order valence-corrected chi connectivity index (χ1v) is 9.67. The van der Waals surface area contributed by atoms with Gasteiger partial charge in [0.15, 0.2) is 0 Å². The number of carbonyl (C=O) groups excluding carboxylic acids is 1. The number of likely N-dealkylation sites (tertiary alicyclic amines) is 1. The summed E-state index contributed by atoms with van der Waals surface area (Å²) >= 11 is 0. The van der Waals surface area contributed by atoms with Crippen LogP contribution in [0.5, 0.6) is 0 Å². The van der Waals surface area contributed by atoms with Crippen LogP contribution in [0.4, 0.5) is 0 Å². The van der Waals surface area contributed by atoms with Gasteiger partial charge in [-0.15, -0.1) is 0 Å². The average Bonchev–Trinajstić information content (AvgIpc) is 2.91. The number of nitrogens with zero attached hydrogens (tertiary/aromatic N) is 2. The Morgan fingerprint density at radius 1 is 1.15 bits per heavy atom. The zero-order valence-corrected chi connectivity index (χ0v) is 16.1. The standard InChI is InChI=1S/C22H28N2O3/c1-16(19-10-9-18-6-3-4-7-20(18)14-19)23-12-5-8-21(11-13-23)24(17(2)25)15-22(26)27/h3-4,6-7,9-10,14,16,21H,5,8,11-13,15H2,1-2H3,(H,26,27). The third-order valence-corrected chi connectivity index (χ3v) is 5.69. The lowest BCUT2D eigenvalue weighted by Gasteiger charge is -2.30. The Bertz CT molecular complexity index is 820. The van der Waals surface area contributed by atoms with E-state index in [-0.39, 0.29) is 18.5 Å². The van der Waals surface area contributed by atoms with Crippen LogP contribution >= 0.6 is 0 Å². The predicted molar refractivity (Wildman–Crippen MR) is 107 cm³/mol. The van der Waals surface area contributed by atoms with Gasteiger partial charge in [0.1, 0.15) is 6.54 Å². The molecule has 2 unspecified atom stereocenters. The number of carbonyl (C=O) groups is 2. The smallest absolute Gasteiger partial charge is 0.323 e. The second-order valence-corrected chi connectivity index (χ2v) is 7.44. The summed E-state index contributed by atoms with van der Waals surface area (Å²) in [6.07, 6.45) is 2.63. The highest BCUT2D eigenvalue weighted by Gasteiger charge is 2.27. The fraction of sp³-hybridized carbons (Fsp3) is 0.455. The van der Waals surface area contributed by atoms with Crippen LogP contribution in [-0.2, 0) is 9.59 Å². The molecule has 0 bridgehead atoms. The van der Waals surface area contributed by atoms with Gasteiger partial charge in [-0.3, -0.25) is 14.5 Å². The van der Waals surface area contributed by atoms with Gasteiger partial charge < -0.3 is 10.0 Å². The molecule has 0 spiro atoms. The van der Waals surface area contributed by atoms with E-state index < -0.39 is 5.97 Å². The lowest BCUT2D eigenvalue weighted by atomic mass is 10.0. The summed E-state index contributed by atoms with van der Waals surface area (Å²) in [4.78, 5) is 27.0. The van der Waals surface area contributed by atoms with Crippen molar-refractivity contribution in [2.45, 2.75) is 45.2 Å². The summed E-state index contributed by atoms with van der Waals surface area (Å²) in [5.41, 5.74) is 1.29. The van der Waals surface area contributed by atoms with Gasteiger partial charge in [0.05, 0.1) is 0 Å². The van der Waals surface area contributed by atoms with Crippen LogP contribution in [0, 0.1) is 0 Å². The van der Waals surface area contributed by atoms with Gasteiger partial charge in [-0.2, -0.15) is 0 Å². The van der Waals surface area contributed by atoms with Crippen molar-refractivity contribution in [3.63, 3.8) is 0 Å². The predicted octanol–water partition coefficient (Wildman–Crippen LogP) is 3.69. The summed E-state index contributed by atoms with van der Waals surface area (Å²) in [6.45, 7) is 5.30. The molecule has 27 heavy (non-hydrogen) atoms. The van der Waals surface area contributed by atoms with Gasteiger partial charge in [0.2, 0.25) is 5.91 Å². The fourth-order valence-corrected chi connectivity index (χ4v) is 4.12. The number of hydrogen-bond donors (Lipinski definition) is 1. The maximum absolute atomic E-state index is 11.9. The summed E-state index contributed by atoms with van der Waals surface area (Å²) in [7, 11) is 0. The van der Waals surface area contributed by atoms with E-state index in [0.717, 1.165) is 32.4 Å². The largest absolute Gasteiger partial charge is 0.480 e. The second kappa shape index (κ2) is 8.53.